The fourth-order valence-electron chi connectivity index (χ4n) is 5.36. The number of hydrogen-bond acceptors (Lipinski definition) is 0. The van der Waals surface area contributed by atoms with Gasteiger partial charge in [-0.1, -0.05) is 91.5 Å². The first kappa shape index (κ1) is 25.2. The molecule has 8 heteroatoms. The Morgan fingerprint density at radius 3 is 1.61 bits per heavy atom. The van der Waals surface area contributed by atoms with Gasteiger partial charge in [-0.25, -0.2) is 0 Å². The lowest BCUT2D eigenvalue weighted by atomic mass is 10.1. The molecule has 5 aromatic carbocycles. The standard InChI is InChI=1S/C30H14Br4Cl2N2/c31-15-9-21(33)30(36)28(12-15)38-24-8-4-2-6-18(24)20-13-25-19(14-26(20)38)17-5-1-3-7-23(17)37(25)27-11-16(32)10-22(35)29(27)34/h1-14H. The molecule has 0 aliphatic rings. The van der Waals surface area contributed by atoms with Gasteiger partial charge in [0.1, 0.15) is 0 Å². The first-order valence-electron chi connectivity index (χ1n) is 11.6. The second kappa shape index (κ2) is 9.39. The molecule has 0 aliphatic carbocycles. The molecule has 38 heavy (non-hydrogen) atoms. The van der Waals surface area contributed by atoms with Gasteiger partial charge in [0.05, 0.1) is 48.0 Å². The van der Waals surface area contributed by atoms with Crippen LogP contribution in [0, 0.1) is 0 Å². The zero-order valence-corrected chi connectivity index (χ0v) is 27.1. The number of fused-ring (bicyclic) bond motifs is 6. The van der Waals surface area contributed by atoms with E-state index in [0.29, 0.717) is 10.0 Å². The molecule has 0 bridgehead atoms. The molecular weight excluding hydrogens is 779 g/mol. The van der Waals surface area contributed by atoms with Gasteiger partial charge in [-0.15, -0.1) is 0 Å². The van der Waals surface area contributed by atoms with Gasteiger partial charge in [0.25, 0.3) is 0 Å². The number of nitrogens with zero attached hydrogens (tertiary/aromatic N) is 2. The third-order valence-corrected chi connectivity index (χ3v) is 10.4. The van der Waals surface area contributed by atoms with Crippen molar-refractivity contribution in [2.24, 2.45) is 0 Å². The van der Waals surface area contributed by atoms with E-state index >= 15 is 0 Å². The van der Waals surface area contributed by atoms with E-state index in [2.05, 4.69) is 146 Å². The number of halogens is 6. The van der Waals surface area contributed by atoms with Crippen molar-refractivity contribution in [2.45, 2.75) is 0 Å². The highest BCUT2D eigenvalue weighted by Crippen LogP contribution is 2.43. The summed E-state index contributed by atoms with van der Waals surface area (Å²) >= 11 is 28.2. The van der Waals surface area contributed by atoms with Gasteiger partial charge >= 0.3 is 0 Å². The lowest BCUT2D eigenvalue weighted by Gasteiger charge is -2.13. The summed E-state index contributed by atoms with van der Waals surface area (Å²) in [5.41, 5.74) is 6.24. The van der Waals surface area contributed by atoms with E-state index in [1.165, 1.54) is 0 Å². The summed E-state index contributed by atoms with van der Waals surface area (Å²) in [4.78, 5) is 0. The average Bonchev–Trinajstić information content (AvgIpc) is 3.39. The minimum atomic E-state index is 0.646. The molecule has 186 valence electrons. The van der Waals surface area contributed by atoms with Gasteiger partial charge in [0, 0.05) is 35.0 Å². The van der Waals surface area contributed by atoms with E-state index < -0.39 is 0 Å². The molecule has 0 atom stereocenters. The molecule has 2 aromatic heterocycles. The Bertz CT molecular complexity index is 1960. The summed E-state index contributed by atoms with van der Waals surface area (Å²) in [7, 11) is 0. The van der Waals surface area contributed by atoms with Crippen LogP contribution in [0.2, 0.25) is 10.0 Å². The highest BCUT2D eigenvalue weighted by atomic mass is 79.9. The van der Waals surface area contributed by atoms with E-state index in [0.717, 1.165) is 72.9 Å². The van der Waals surface area contributed by atoms with Crippen molar-refractivity contribution in [1.29, 1.82) is 0 Å². The van der Waals surface area contributed by atoms with Crippen molar-refractivity contribution in [2.75, 3.05) is 0 Å². The van der Waals surface area contributed by atoms with Crippen molar-refractivity contribution in [3.05, 3.63) is 113 Å². The first-order chi connectivity index (χ1) is 18.3. The van der Waals surface area contributed by atoms with Crippen LogP contribution < -0.4 is 0 Å². The monoisotopic (exact) mass is 788 g/mol. The lowest BCUT2D eigenvalue weighted by Crippen LogP contribution is -1.97. The Morgan fingerprint density at radius 1 is 0.500 bits per heavy atom. The van der Waals surface area contributed by atoms with E-state index in [-0.39, 0.29) is 0 Å². The highest BCUT2D eigenvalue weighted by molar-refractivity contribution is 9.11. The SMILES string of the molecule is Clc1cc(Br)cc(-n2c3ccccc3c3cc4c(cc32)c2ccccc2n4-c2cc(Br)cc(Br)c2Cl)c1Br. The normalized spacial score (nSPS) is 11.9. The summed E-state index contributed by atoms with van der Waals surface area (Å²) < 4.78 is 8.07. The van der Waals surface area contributed by atoms with E-state index in [1.807, 2.05) is 12.1 Å². The van der Waals surface area contributed by atoms with Crippen molar-refractivity contribution < 1.29 is 0 Å². The largest absolute Gasteiger partial charge is 0.308 e. The molecule has 2 heterocycles. The molecular formula is C30H14Br4Cl2N2. The maximum absolute atomic E-state index is 6.89. The predicted molar refractivity (Wildman–Crippen MR) is 176 cm³/mol. The highest BCUT2D eigenvalue weighted by Gasteiger charge is 2.21. The fourth-order valence-corrected chi connectivity index (χ4v) is 7.95. The molecule has 0 saturated heterocycles. The molecule has 0 saturated carbocycles. The fraction of sp³-hybridized carbons (Fsp3) is 0. The van der Waals surface area contributed by atoms with E-state index in [9.17, 15) is 0 Å². The third kappa shape index (κ3) is 3.75. The minimum Gasteiger partial charge on any atom is -0.308 e. The van der Waals surface area contributed by atoms with Crippen LogP contribution in [0.1, 0.15) is 0 Å². The lowest BCUT2D eigenvalue weighted by molar-refractivity contribution is 1.16. The van der Waals surface area contributed by atoms with Crippen LogP contribution in [0.3, 0.4) is 0 Å². The maximum Gasteiger partial charge on any atom is 0.0789 e. The van der Waals surface area contributed by atoms with Crippen LogP contribution in [0.25, 0.3) is 55.0 Å². The number of benzene rings is 5. The number of hydrogen-bond donors (Lipinski definition) is 0. The third-order valence-electron chi connectivity index (χ3n) is 6.90. The summed E-state index contributed by atoms with van der Waals surface area (Å²) in [5, 5.41) is 5.90. The van der Waals surface area contributed by atoms with Crippen molar-refractivity contribution in [3.63, 3.8) is 0 Å². The van der Waals surface area contributed by atoms with Crippen LogP contribution in [-0.4, -0.2) is 9.13 Å². The maximum atomic E-state index is 6.89. The quantitative estimate of drug-likeness (QED) is 0.154. The average molecular weight is 793 g/mol. The molecule has 2 nitrogen and oxygen atoms in total. The van der Waals surface area contributed by atoms with Crippen LogP contribution in [0.15, 0.2) is 103 Å². The Hall–Kier alpha value is -1.80. The molecule has 0 aliphatic heterocycles. The summed E-state index contributed by atoms with van der Waals surface area (Å²) in [6.07, 6.45) is 0. The Morgan fingerprint density at radius 2 is 1.00 bits per heavy atom. The molecule has 7 aromatic rings. The topological polar surface area (TPSA) is 9.86 Å². The zero-order valence-electron chi connectivity index (χ0n) is 19.2. The molecule has 0 N–H and O–H groups in total. The smallest absolute Gasteiger partial charge is 0.0789 e. The van der Waals surface area contributed by atoms with E-state index in [4.69, 9.17) is 23.2 Å². The number of para-hydroxylation sites is 2. The van der Waals surface area contributed by atoms with Gasteiger partial charge in [0.2, 0.25) is 0 Å². The number of rotatable bonds is 2. The van der Waals surface area contributed by atoms with Gasteiger partial charge in [-0.2, -0.15) is 0 Å². The number of aromatic nitrogens is 2. The Kier molecular flexibility index (Phi) is 6.23. The van der Waals surface area contributed by atoms with Crippen molar-refractivity contribution in [1.82, 2.24) is 9.13 Å². The first-order valence-corrected chi connectivity index (χ1v) is 15.5. The molecule has 0 amide bonds. The van der Waals surface area contributed by atoms with Crippen molar-refractivity contribution >= 4 is 131 Å². The molecule has 7 rings (SSSR count). The van der Waals surface area contributed by atoms with Crippen LogP contribution >= 0.6 is 86.9 Å². The molecule has 0 unspecified atom stereocenters. The summed E-state index contributed by atoms with van der Waals surface area (Å²) in [6, 6.07) is 29.5. The minimum absolute atomic E-state index is 0.646. The van der Waals surface area contributed by atoms with Gasteiger partial charge in [-0.05, 0) is 80.4 Å². The molecule has 0 radical (unpaired) electrons. The van der Waals surface area contributed by atoms with E-state index in [1.54, 1.807) is 0 Å². The van der Waals surface area contributed by atoms with Crippen LogP contribution in [-0.2, 0) is 0 Å². The second-order valence-electron chi connectivity index (χ2n) is 9.03. The Balaban J connectivity index is 1.70. The van der Waals surface area contributed by atoms with Gasteiger partial charge < -0.3 is 9.13 Å². The summed E-state index contributed by atoms with van der Waals surface area (Å²) in [5.74, 6) is 0. The zero-order chi connectivity index (χ0) is 26.3. The van der Waals surface area contributed by atoms with Gasteiger partial charge in [0.15, 0.2) is 0 Å². The van der Waals surface area contributed by atoms with Crippen LogP contribution in [0.5, 0.6) is 0 Å². The van der Waals surface area contributed by atoms with Crippen molar-refractivity contribution in [3.8, 4) is 11.4 Å². The molecule has 0 spiro atoms. The molecule has 0 fully saturated rings. The van der Waals surface area contributed by atoms with Crippen LogP contribution in [0.4, 0.5) is 0 Å². The predicted octanol–water partition coefficient (Wildman–Crippen LogP) is 12.2. The Labute approximate surface area is 261 Å². The second-order valence-corrected chi connectivity index (χ2v) is 13.3. The summed E-state index contributed by atoms with van der Waals surface area (Å²) in [6.45, 7) is 0. The van der Waals surface area contributed by atoms with Gasteiger partial charge in [-0.3, -0.25) is 0 Å².